The Morgan fingerprint density at radius 2 is 2.07 bits per heavy atom. The lowest BCUT2D eigenvalue weighted by molar-refractivity contribution is 0.0854. The first-order valence-electron chi connectivity index (χ1n) is 8.69. The third kappa shape index (κ3) is 2.82. The quantitative estimate of drug-likeness (QED) is 0.624. The number of nitrogen functional groups attached to an aromatic ring is 1. The van der Waals surface area contributed by atoms with Crippen LogP contribution in [0, 0.1) is 0 Å². The molecule has 1 amide bonds. The summed E-state index contributed by atoms with van der Waals surface area (Å²) in [6.07, 6.45) is 4.07. The highest BCUT2D eigenvalue weighted by Gasteiger charge is 2.46. The van der Waals surface area contributed by atoms with Gasteiger partial charge in [0.2, 0.25) is 0 Å². The van der Waals surface area contributed by atoms with Crippen molar-refractivity contribution in [1.29, 1.82) is 0 Å². The molecule has 0 radical (unpaired) electrons. The molecule has 7 nitrogen and oxygen atoms in total. The van der Waals surface area contributed by atoms with Crippen molar-refractivity contribution < 1.29 is 9.59 Å². The van der Waals surface area contributed by atoms with Gasteiger partial charge in [-0.2, -0.15) is 15.4 Å². The number of H-pyrrole nitrogens is 1. The number of nitrogens with one attached hydrogen (secondary N) is 1. The minimum atomic E-state index is -0.681. The Morgan fingerprint density at radius 1 is 1.30 bits per heavy atom. The molecule has 0 saturated carbocycles. The van der Waals surface area contributed by atoms with Gasteiger partial charge in [0.1, 0.15) is 0 Å². The van der Waals surface area contributed by atoms with Crippen molar-refractivity contribution in [3.8, 4) is 0 Å². The molecule has 5 N–H and O–H groups in total. The third-order valence-corrected chi connectivity index (χ3v) is 6.38. The Bertz CT molecular complexity index is 997. The van der Waals surface area contributed by atoms with Crippen molar-refractivity contribution in [3.05, 3.63) is 63.8 Å². The molecule has 1 aliphatic rings. The van der Waals surface area contributed by atoms with Crippen molar-refractivity contribution in [3.63, 3.8) is 0 Å². The van der Waals surface area contributed by atoms with E-state index in [-0.39, 0.29) is 5.78 Å². The zero-order valence-corrected chi connectivity index (χ0v) is 15.4. The smallest absolute Gasteiger partial charge is 0.251 e. The number of aromatic amines is 1. The van der Waals surface area contributed by atoms with Crippen molar-refractivity contribution in [2.75, 3.05) is 5.73 Å². The predicted molar refractivity (Wildman–Crippen MR) is 103 cm³/mol. The number of carbonyl (C=O) groups excluding carboxylic acids is 2. The van der Waals surface area contributed by atoms with Gasteiger partial charge in [0.25, 0.3) is 5.91 Å². The summed E-state index contributed by atoms with van der Waals surface area (Å²) in [5.74, 6) is -0.574. The molecular formula is C19H19N5O2S. The summed E-state index contributed by atoms with van der Waals surface area (Å²) in [7, 11) is 0. The highest BCUT2D eigenvalue weighted by Crippen LogP contribution is 2.46. The van der Waals surface area contributed by atoms with Crippen LogP contribution in [0.2, 0.25) is 0 Å². The first-order valence-corrected chi connectivity index (χ1v) is 9.50. The number of anilines is 1. The zero-order valence-electron chi connectivity index (χ0n) is 14.6. The number of aromatic nitrogens is 3. The summed E-state index contributed by atoms with van der Waals surface area (Å²) in [5, 5.41) is 10.9. The summed E-state index contributed by atoms with van der Waals surface area (Å²) in [6.45, 7) is 0. The molecule has 0 fully saturated rings. The first-order chi connectivity index (χ1) is 13.0. The first kappa shape index (κ1) is 17.4. The summed E-state index contributed by atoms with van der Waals surface area (Å²) < 4.78 is 0. The average molecular weight is 381 g/mol. The number of nitrogens with two attached hydrogens (primary N) is 2. The molecule has 8 heteroatoms. The SMILES string of the molecule is NC(=O)c1c(N)sc2c1CCC(CCc1cn[nH]n1)(c1ccccc1)C2=O. The van der Waals surface area contributed by atoms with Gasteiger partial charge in [0.05, 0.1) is 32.7 Å². The van der Waals surface area contributed by atoms with Crippen LogP contribution in [0.3, 0.4) is 0 Å². The van der Waals surface area contributed by atoms with E-state index < -0.39 is 11.3 Å². The van der Waals surface area contributed by atoms with Crippen LogP contribution in [-0.2, 0) is 18.3 Å². The second-order valence-electron chi connectivity index (χ2n) is 6.75. The van der Waals surface area contributed by atoms with Gasteiger partial charge >= 0.3 is 0 Å². The number of amides is 1. The lowest BCUT2D eigenvalue weighted by Crippen LogP contribution is -2.40. The fourth-order valence-corrected chi connectivity index (χ4v) is 5.11. The molecule has 2 aromatic heterocycles. The standard InChI is InChI=1S/C19H19N5O2S/c20-17(26)14-13-7-9-19(11-4-2-1-3-5-11,8-6-12-10-22-24-23-12)16(25)15(13)27-18(14)21/h1-5,10H,6-9,21H2,(H2,20,26)(H,22,23,24). The average Bonchev–Trinajstić information content (AvgIpc) is 3.29. The molecule has 4 rings (SSSR count). The van der Waals surface area contributed by atoms with Crippen LogP contribution < -0.4 is 11.5 Å². The van der Waals surface area contributed by atoms with E-state index in [9.17, 15) is 9.59 Å². The minimum absolute atomic E-state index is 0.00245. The third-order valence-electron chi connectivity index (χ3n) is 5.32. The maximum Gasteiger partial charge on any atom is 0.251 e. The number of nitrogens with zero attached hydrogens (tertiary/aromatic N) is 2. The number of fused-ring (bicyclic) bond motifs is 1. The number of aryl methyl sites for hydroxylation is 1. The Kier molecular flexibility index (Phi) is 4.27. The van der Waals surface area contributed by atoms with Crippen LogP contribution >= 0.6 is 11.3 Å². The molecule has 0 spiro atoms. The molecule has 1 unspecified atom stereocenters. The number of Topliss-reactive ketones (excluding diaryl/α,β-unsaturated/α-hetero) is 1. The fraction of sp³-hybridized carbons (Fsp3) is 0.263. The molecule has 0 saturated heterocycles. The Hall–Kier alpha value is -3.00. The maximum atomic E-state index is 13.6. The number of hydrogen-bond donors (Lipinski definition) is 3. The molecule has 0 bridgehead atoms. The van der Waals surface area contributed by atoms with Crippen LogP contribution in [0.1, 0.15) is 49.7 Å². The van der Waals surface area contributed by atoms with Gasteiger partial charge in [-0.25, -0.2) is 0 Å². The summed E-state index contributed by atoms with van der Waals surface area (Å²) in [5.41, 5.74) is 13.6. The second kappa shape index (κ2) is 6.62. The largest absolute Gasteiger partial charge is 0.390 e. The molecule has 138 valence electrons. The van der Waals surface area contributed by atoms with Gasteiger partial charge in [0.15, 0.2) is 5.78 Å². The van der Waals surface area contributed by atoms with E-state index in [1.807, 2.05) is 30.3 Å². The van der Waals surface area contributed by atoms with Crippen molar-refractivity contribution in [1.82, 2.24) is 15.4 Å². The van der Waals surface area contributed by atoms with E-state index in [2.05, 4.69) is 15.4 Å². The summed E-state index contributed by atoms with van der Waals surface area (Å²) in [6, 6.07) is 9.78. The predicted octanol–water partition coefficient (Wildman–Crippen LogP) is 2.25. The van der Waals surface area contributed by atoms with E-state index in [1.165, 1.54) is 11.3 Å². The van der Waals surface area contributed by atoms with E-state index in [0.29, 0.717) is 46.7 Å². The number of primary amides is 1. The molecule has 1 aromatic carbocycles. The van der Waals surface area contributed by atoms with E-state index >= 15 is 0 Å². The summed E-state index contributed by atoms with van der Waals surface area (Å²) >= 11 is 1.17. The number of rotatable bonds is 5. The van der Waals surface area contributed by atoms with Crippen LogP contribution in [0.5, 0.6) is 0 Å². The highest BCUT2D eigenvalue weighted by molar-refractivity contribution is 7.18. The Morgan fingerprint density at radius 3 is 2.74 bits per heavy atom. The van der Waals surface area contributed by atoms with E-state index in [4.69, 9.17) is 11.5 Å². The molecule has 2 heterocycles. The van der Waals surface area contributed by atoms with Gasteiger partial charge in [-0.1, -0.05) is 30.3 Å². The monoisotopic (exact) mass is 381 g/mol. The van der Waals surface area contributed by atoms with Gasteiger partial charge < -0.3 is 11.5 Å². The van der Waals surface area contributed by atoms with Gasteiger partial charge in [-0.05, 0) is 36.8 Å². The topological polar surface area (TPSA) is 128 Å². The molecule has 0 aliphatic heterocycles. The normalized spacial score (nSPS) is 19.0. The zero-order chi connectivity index (χ0) is 19.0. The lowest BCUT2D eigenvalue weighted by Gasteiger charge is -2.36. The second-order valence-corrected chi connectivity index (χ2v) is 7.80. The number of thiophene rings is 1. The Labute approximate surface area is 159 Å². The van der Waals surface area contributed by atoms with Crippen molar-refractivity contribution in [2.24, 2.45) is 5.73 Å². The molecule has 27 heavy (non-hydrogen) atoms. The minimum Gasteiger partial charge on any atom is -0.390 e. The van der Waals surface area contributed by atoms with Gasteiger partial charge in [-0.15, -0.1) is 11.3 Å². The van der Waals surface area contributed by atoms with E-state index in [0.717, 1.165) is 11.3 Å². The highest BCUT2D eigenvalue weighted by atomic mass is 32.1. The maximum absolute atomic E-state index is 13.6. The molecule has 1 aliphatic carbocycles. The lowest BCUT2D eigenvalue weighted by atomic mass is 9.65. The number of benzene rings is 1. The van der Waals surface area contributed by atoms with Gasteiger partial charge in [-0.3, -0.25) is 9.59 Å². The summed E-state index contributed by atoms with van der Waals surface area (Å²) in [4.78, 5) is 26.0. The number of hydrogen-bond acceptors (Lipinski definition) is 6. The van der Waals surface area contributed by atoms with Crippen molar-refractivity contribution in [2.45, 2.75) is 31.1 Å². The molecule has 1 atom stereocenters. The molecular weight excluding hydrogens is 362 g/mol. The van der Waals surface area contributed by atoms with Gasteiger partial charge in [0, 0.05) is 0 Å². The van der Waals surface area contributed by atoms with Crippen LogP contribution in [0.25, 0.3) is 0 Å². The number of carbonyl (C=O) groups is 2. The fourth-order valence-electron chi connectivity index (χ4n) is 3.95. The van der Waals surface area contributed by atoms with Crippen molar-refractivity contribution >= 4 is 28.0 Å². The van der Waals surface area contributed by atoms with E-state index in [1.54, 1.807) is 6.20 Å². The van der Waals surface area contributed by atoms with Crippen LogP contribution in [-0.4, -0.2) is 27.1 Å². The van der Waals surface area contributed by atoms with Crippen LogP contribution in [0.4, 0.5) is 5.00 Å². The molecule has 3 aromatic rings. The van der Waals surface area contributed by atoms with Crippen LogP contribution in [0.15, 0.2) is 36.5 Å². The Balaban J connectivity index is 1.79. The number of ketones is 1.